The van der Waals surface area contributed by atoms with Crippen molar-refractivity contribution in [3.05, 3.63) is 71.5 Å². The zero-order chi connectivity index (χ0) is 21.5. The van der Waals surface area contributed by atoms with Crippen molar-refractivity contribution in [1.82, 2.24) is 21.0 Å². The average Bonchev–Trinajstić information content (AvgIpc) is 3.35. The molecule has 0 amide bonds. The highest BCUT2D eigenvalue weighted by Gasteiger charge is 2.30. The predicted molar refractivity (Wildman–Crippen MR) is 125 cm³/mol. The van der Waals surface area contributed by atoms with E-state index in [0.717, 1.165) is 67.5 Å². The predicted octanol–water partition coefficient (Wildman–Crippen LogP) is 2.38. The van der Waals surface area contributed by atoms with E-state index in [1.807, 2.05) is 29.3 Å². The Morgan fingerprint density at radius 3 is 2.75 bits per heavy atom. The average molecular weight is 425 g/mol. The lowest BCUT2D eigenvalue weighted by Gasteiger charge is -2.25. The van der Waals surface area contributed by atoms with Crippen LogP contribution in [0, 0.1) is 11.3 Å². The molecule has 1 fully saturated rings. The number of benzene rings is 2. The normalized spacial score (nSPS) is 17.3. The lowest BCUT2D eigenvalue weighted by Crippen LogP contribution is -2.41. The molecule has 0 bridgehead atoms. The number of aromatic nitrogens is 1. The van der Waals surface area contributed by atoms with Gasteiger partial charge in [0.2, 0.25) is 0 Å². The Bertz CT molecular complexity index is 1230. The fraction of sp³-hybridized carbons (Fsp3) is 0.250. The molecule has 3 aliphatic heterocycles. The van der Waals surface area contributed by atoms with E-state index in [2.05, 4.69) is 67.5 Å². The van der Waals surface area contributed by atoms with Crippen LogP contribution in [0.2, 0.25) is 0 Å². The molecule has 1 aromatic heterocycles. The Labute approximate surface area is 186 Å². The van der Waals surface area contributed by atoms with Gasteiger partial charge in [-0.2, -0.15) is 5.26 Å². The van der Waals surface area contributed by atoms with Crippen molar-refractivity contribution in [2.75, 3.05) is 36.1 Å². The van der Waals surface area contributed by atoms with Gasteiger partial charge in [-0.1, -0.05) is 12.1 Å². The molecule has 160 valence electrons. The highest BCUT2D eigenvalue weighted by Crippen LogP contribution is 2.34. The summed E-state index contributed by atoms with van der Waals surface area (Å²) >= 11 is 0. The summed E-state index contributed by atoms with van der Waals surface area (Å²) in [5.41, 5.74) is 13.6. The zero-order valence-corrected chi connectivity index (χ0v) is 17.7. The summed E-state index contributed by atoms with van der Waals surface area (Å²) in [6, 6.07) is 18.8. The minimum absolute atomic E-state index is 0.666. The SMILES string of the molecule is N#Cc1ccc(-c2cc3n(c2)Cc2cc(N4CCCNCC4)ccc2N2NNN=C32)cc1. The highest BCUT2D eigenvalue weighted by atomic mass is 15.8. The van der Waals surface area contributed by atoms with Crippen LogP contribution < -0.4 is 26.3 Å². The Morgan fingerprint density at radius 1 is 0.969 bits per heavy atom. The molecule has 8 nitrogen and oxygen atoms in total. The molecular weight excluding hydrogens is 400 g/mol. The molecule has 0 saturated carbocycles. The van der Waals surface area contributed by atoms with Gasteiger partial charge in [-0.25, -0.2) is 10.5 Å². The summed E-state index contributed by atoms with van der Waals surface area (Å²) < 4.78 is 2.26. The quantitative estimate of drug-likeness (QED) is 0.586. The lowest BCUT2D eigenvalue weighted by atomic mass is 10.1. The summed E-state index contributed by atoms with van der Waals surface area (Å²) in [7, 11) is 0. The Balaban J connectivity index is 1.40. The van der Waals surface area contributed by atoms with E-state index >= 15 is 0 Å². The third-order valence-corrected chi connectivity index (χ3v) is 6.36. The number of hydrogen-bond donors (Lipinski definition) is 3. The minimum atomic E-state index is 0.666. The number of nitrogens with zero attached hydrogens (tertiary/aromatic N) is 5. The number of hydrazine groups is 2. The van der Waals surface area contributed by atoms with Gasteiger partial charge in [0, 0.05) is 43.6 Å². The highest BCUT2D eigenvalue weighted by molar-refractivity contribution is 6.10. The molecule has 4 heterocycles. The Morgan fingerprint density at radius 2 is 1.88 bits per heavy atom. The Kier molecular flexibility index (Phi) is 4.56. The number of nitrogens with one attached hydrogen (secondary N) is 3. The zero-order valence-electron chi connectivity index (χ0n) is 17.7. The van der Waals surface area contributed by atoms with Crippen LogP contribution in [0.3, 0.4) is 0 Å². The molecule has 0 radical (unpaired) electrons. The van der Waals surface area contributed by atoms with Crippen molar-refractivity contribution in [2.24, 2.45) is 5.10 Å². The first kappa shape index (κ1) is 18.9. The molecular formula is C24H24N8. The van der Waals surface area contributed by atoms with Crippen molar-refractivity contribution in [3.8, 4) is 17.2 Å². The van der Waals surface area contributed by atoms with Crippen LogP contribution in [-0.2, 0) is 6.54 Å². The number of hydrogen-bond acceptors (Lipinski definition) is 7. The molecule has 0 aliphatic carbocycles. The molecule has 32 heavy (non-hydrogen) atoms. The largest absolute Gasteiger partial charge is 0.370 e. The number of fused-ring (bicyclic) bond motifs is 5. The molecule has 8 heteroatoms. The maximum atomic E-state index is 9.09. The monoisotopic (exact) mass is 424 g/mol. The fourth-order valence-electron chi connectivity index (χ4n) is 4.70. The van der Waals surface area contributed by atoms with Crippen molar-refractivity contribution in [3.63, 3.8) is 0 Å². The maximum Gasteiger partial charge on any atom is 0.194 e. The van der Waals surface area contributed by atoms with Crippen LogP contribution in [0.5, 0.6) is 0 Å². The number of nitriles is 1. The van der Waals surface area contributed by atoms with Gasteiger partial charge in [-0.15, -0.1) is 10.6 Å². The molecule has 0 spiro atoms. The summed E-state index contributed by atoms with van der Waals surface area (Å²) in [5, 5.41) is 19.1. The van der Waals surface area contributed by atoms with Crippen molar-refractivity contribution >= 4 is 17.2 Å². The van der Waals surface area contributed by atoms with Crippen molar-refractivity contribution in [2.45, 2.75) is 13.0 Å². The molecule has 2 aromatic carbocycles. The first-order valence-electron chi connectivity index (χ1n) is 11.0. The first-order chi connectivity index (χ1) is 15.8. The minimum Gasteiger partial charge on any atom is -0.370 e. The summed E-state index contributed by atoms with van der Waals surface area (Å²) in [6.07, 6.45) is 3.33. The van der Waals surface area contributed by atoms with Gasteiger partial charge in [0.05, 0.1) is 23.0 Å². The van der Waals surface area contributed by atoms with E-state index in [4.69, 9.17) is 5.26 Å². The van der Waals surface area contributed by atoms with E-state index in [-0.39, 0.29) is 0 Å². The second-order valence-corrected chi connectivity index (χ2v) is 8.33. The van der Waals surface area contributed by atoms with Gasteiger partial charge in [0.1, 0.15) is 0 Å². The first-order valence-corrected chi connectivity index (χ1v) is 11.0. The number of anilines is 2. The van der Waals surface area contributed by atoms with Gasteiger partial charge in [-0.3, -0.25) is 0 Å². The smallest absolute Gasteiger partial charge is 0.194 e. The number of hydrazone groups is 1. The molecule has 1 saturated heterocycles. The summed E-state index contributed by atoms with van der Waals surface area (Å²) in [5.74, 6) is 0.843. The maximum absolute atomic E-state index is 9.09. The van der Waals surface area contributed by atoms with E-state index in [9.17, 15) is 0 Å². The Hall–Kier alpha value is -3.80. The van der Waals surface area contributed by atoms with Gasteiger partial charge >= 0.3 is 0 Å². The van der Waals surface area contributed by atoms with Crippen LogP contribution in [0.4, 0.5) is 11.4 Å². The topological polar surface area (TPSA) is 83.7 Å². The summed E-state index contributed by atoms with van der Waals surface area (Å²) in [4.78, 5) is 2.47. The van der Waals surface area contributed by atoms with Crippen LogP contribution in [0.1, 0.15) is 23.2 Å². The number of rotatable bonds is 2. The van der Waals surface area contributed by atoms with Gasteiger partial charge in [0.25, 0.3) is 0 Å². The van der Waals surface area contributed by atoms with E-state index in [1.54, 1.807) is 0 Å². The van der Waals surface area contributed by atoms with Crippen molar-refractivity contribution < 1.29 is 0 Å². The van der Waals surface area contributed by atoms with Crippen LogP contribution in [0.25, 0.3) is 11.1 Å². The van der Waals surface area contributed by atoms with Crippen LogP contribution in [0.15, 0.2) is 59.8 Å². The van der Waals surface area contributed by atoms with E-state index in [0.29, 0.717) is 5.56 Å². The lowest BCUT2D eigenvalue weighted by molar-refractivity contribution is 0.622. The van der Waals surface area contributed by atoms with E-state index < -0.39 is 0 Å². The van der Waals surface area contributed by atoms with Crippen LogP contribution >= 0.6 is 0 Å². The van der Waals surface area contributed by atoms with Crippen LogP contribution in [-0.4, -0.2) is 36.6 Å². The molecule has 3 N–H and O–H groups in total. The van der Waals surface area contributed by atoms with Crippen molar-refractivity contribution in [1.29, 1.82) is 5.26 Å². The van der Waals surface area contributed by atoms with Gasteiger partial charge in [0.15, 0.2) is 5.84 Å². The molecule has 0 atom stereocenters. The molecule has 0 unspecified atom stereocenters. The molecule has 3 aliphatic rings. The van der Waals surface area contributed by atoms with Gasteiger partial charge < -0.3 is 14.8 Å². The second kappa shape index (κ2) is 7.71. The van der Waals surface area contributed by atoms with Gasteiger partial charge in [-0.05, 0) is 60.5 Å². The van der Waals surface area contributed by atoms with E-state index in [1.165, 1.54) is 11.3 Å². The number of amidine groups is 1. The fourth-order valence-corrected chi connectivity index (χ4v) is 4.70. The molecule has 6 rings (SSSR count). The summed E-state index contributed by atoms with van der Waals surface area (Å²) in [6.45, 7) is 4.95. The second-order valence-electron chi connectivity index (χ2n) is 8.33. The third kappa shape index (κ3) is 3.19. The molecule has 3 aromatic rings. The third-order valence-electron chi connectivity index (χ3n) is 6.36. The standard InChI is InChI=1S/C24H24N8/c25-14-17-2-4-18(5-3-17)19-13-23-24-27-28-29-32(24)22-7-6-21(12-20(22)16-31(23)15-19)30-10-1-8-26-9-11-30/h2-7,12-13,15,26,28-29H,1,8-11,16H2.